The van der Waals surface area contributed by atoms with E-state index in [2.05, 4.69) is 15.1 Å². The number of aryl methyl sites for hydroxylation is 1. The molecule has 1 rings (SSSR count). The second-order valence-corrected chi connectivity index (χ2v) is 3.96. The molecule has 1 aromatic heterocycles. The molecular formula is C11H17N3O5. The fraction of sp³-hybridized carbons (Fsp3) is 0.455. The van der Waals surface area contributed by atoms with Crippen LogP contribution in [0.1, 0.15) is 16.8 Å². The zero-order valence-corrected chi connectivity index (χ0v) is 10.5. The number of nitrogens with one attached hydrogen (secondary N) is 1. The summed E-state index contributed by atoms with van der Waals surface area (Å²) < 4.78 is 0. The number of hydrogen-bond acceptors (Lipinski definition) is 7. The van der Waals surface area contributed by atoms with Gasteiger partial charge in [-0.2, -0.15) is 0 Å². The van der Waals surface area contributed by atoms with E-state index in [0.717, 1.165) is 0 Å². The molecule has 0 spiro atoms. The van der Waals surface area contributed by atoms with Gasteiger partial charge in [0.1, 0.15) is 11.8 Å². The largest absolute Gasteiger partial charge is 0.506 e. The van der Waals surface area contributed by atoms with E-state index < -0.39 is 12.0 Å². The Morgan fingerprint density at radius 3 is 2.84 bits per heavy atom. The van der Waals surface area contributed by atoms with Crippen molar-refractivity contribution >= 4 is 5.97 Å². The number of aliphatic hydroxyl groups excluding tert-OH is 1. The molecule has 0 aromatic carbocycles. The summed E-state index contributed by atoms with van der Waals surface area (Å²) in [5.41, 5.74) is 1.22. The number of carboxylic acids is 1. The molecule has 106 valence electrons. The first-order valence-corrected chi connectivity index (χ1v) is 5.56. The van der Waals surface area contributed by atoms with Crippen molar-refractivity contribution in [2.75, 3.05) is 6.61 Å². The molecule has 8 nitrogen and oxygen atoms in total. The minimum Gasteiger partial charge on any atom is -0.506 e. The van der Waals surface area contributed by atoms with Crippen LogP contribution in [0.4, 0.5) is 0 Å². The molecule has 0 saturated heterocycles. The predicted molar refractivity (Wildman–Crippen MR) is 65.0 cm³/mol. The smallest absolute Gasteiger partial charge is 0.323 e. The van der Waals surface area contributed by atoms with Crippen LogP contribution in [0.15, 0.2) is 6.20 Å². The van der Waals surface area contributed by atoms with Crippen molar-refractivity contribution in [2.45, 2.75) is 26.1 Å². The molecular weight excluding hydrogens is 254 g/mol. The second-order valence-electron chi connectivity index (χ2n) is 3.96. The quantitative estimate of drug-likeness (QED) is 0.399. The highest BCUT2D eigenvalue weighted by Crippen LogP contribution is 2.23. The van der Waals surface area contributed by atoms with E-state index >= 15 is 0 Å². The van der Waals surface area contributed by atoms with Crippen LogP contribution < -0.4 is 11.2 Å². The van der Waals surface area contributed by atoms with Crippen molar-refractivity contribution in [2.24, 2.45) is 5.90 Å². The standard InChI is InChI=1S/C11H17N3O5/c1-6-10(16)8(7(4-15)2-13-6)3-14-9(5-19-12)11(17)18/h2,9,14-16H,3-5,12H2,1H3,(H,17,18). The van der Waals surface area contributed by atoms with Crippen LogP contribution in [0.2, 0.25) is 0 Å². The van der Waals surface area contributed by atoms with Crippen molar-refractivity contribution < 1.29 is 25.0 Å². The van der Waals surface area contributed by atoms with E-state index in [-0.39, 0.29) is 25.5 Å². The van der Waals surface area contributed by atoms with Crippen LogP contribution in [0.3, 0.4) is 0 Å². The molecule has 1 aromatic rings. The normalized spacial score (nSPS) is 12.4. The van der Waals surface area contributed by atoms with Gasteiger partial charge in [-0.05, 0) is 6.92 Å². The number of rotatable bonds is 7. The third-order valence-corrected chi connectivity index (χ3v) is 2.69. The fourth-order valence-corrected chi connectivity index (χ4v) is 1.56. The summed E-state index contributed by atoms with van der Waals surface area (Å²) >= 11 is 0. The first-order chi connectivity index (χ1) is 9.01. The molecule has 0 fully saturated rings. The highest BCUT2D eigenvalue weighted by Gasteiger charge is 2.19. The lowest BCUT2D eigenvalue weighted by Gasteiger charge is -2.16. The van der Waals surface area contributed by atoms with Crippen LogP contribution in [0.25, 0.3) is 0 Å². The van der Waals surface area contributed by atoms with Gasteiger partial charge in [0.2, 0.25) is 0 Å². The lowest BCUT2D eigenvalue weighted by Crippen LogP contribution is -2.41. The van der Waals surface area contributed by atoms with Crippen molar-refractivity contribution in [1.82, 2.24) is 10.3 Å². The third-order valence-electron chi connectivity index (χ3n) is 2.69. The monoisotopic (exact) mass is 271 g/mol. The Balaban J connectivity index is 2.86. The number of nitrogens with zero attached hydrogens (tertiary/aromatic N) is 1. The van der Waals surface area contributed by atoms with Crippen molar-refractivity contribution in [3.05, 3.63) is 23.0 Å². The number of pyridine rings is 1. The highest BCUT2D eigenvalue weighted by molar-refractivity contribution is 5.73. The number of aromatic hydroxyl groups is 1. The molecule has 0 radical (unpaired) electrons. The predicted octanol–water partition coefficient (Wildman–Crippen LogP) is -0.979. The maximum absolute atomic E-state index is 10.9. The highest BCUT2D eigenvalue weighted by atomic mass is 16.6. The summed E-state index contributed by atoms with van der Waals surface area (Å²) in [7, 11) is 0. The Morgan fingerprint density at radius 2 is 2.32 bits per heavy atom. The topological polar surface area (TPSA) is 138 Å². The molecule has 1 unspecified atom stereocenters. The maximum atomic E-state index is 10.9. The van der Waals surface area contributed by atoms with Crippen LogP contribution in [0, 0.1) is 6.92 Å². The van der Waals surface area contributed by atoms with Gasteiger partial charge in [-0.1, -0.05) is 0 Å². The Morgan fingerprint density at radius 1 is 1.63 bits per heavy atom. The van der Waals surface area contributed by atoms with E-state index in [9.17, 15) is 15.0 Å². The number of aromatic nitrogens is 1. The number of carbonyl (C=O) groups is 1. The lowest BCUT2D eigenvalue weighted by atomic mass is 10.1. The van der Waals surface area contributed by atoms with Crippen LogP contribution in [0.5, 0.6) is 5.75 Å². The summed E-state index contributed by atoms with van der Waals surface area (Å²) in [5, 5.41) is 30.6. The SMILES string of the molecule is Cc1ncc(CO)c(CNC(CON)C(=O)O)c1O. The first kappa shape index (κ1) is 15.3. The number of aliphatic carboxylic acids is 1. The first-order valence-electron chi connectivity index (χ1n) is 5.56. The van der Waals surface area contributed by atoms with Crippen molar-refractivity contribution in [3.63, 3.8) is 0 Å². The summed E-state index contributed by atoms with van der Waals surface area (Å²) in [6.45, 7) is 1.14. The van der Waals surface area contributed by atoms with Gasteiger partial charge < -0.3 is 20.2 Å². The van der Waals surface area contributed by atoms with Crippen molar-refractivity contribution in [1.29, 1.82) is 0 Å². The van der Waals surface area contributed by atoms with Gasteiger partial charge in [0, 0.05) is 23.9 Å². The zero-order valence-electron chi connectivity index (χ0n) is 10.5. The summed E-state index contributed by atoms with van der Waals surface area (Å²) in [6.07, 6.45) is 1.43. The van der Waals surface area contributed by atoms with Crippen LogP contribution in [-0.4, -0.2) is 38.9 Å². The fourth-order valence-electron chi connectivity index (χ4n) is 1.56. The Bertz CT molecular complexity index is 452. The van der Waals surface area contributed by atoms with Gasteiger partial charge in [0.25, 0.3) is 0 Å². The maximum Gasteiger partial charge on any atom is 0.323 e. The van der Waals surface area contributed by atoms with Gasteiger partial charge in [-0.15, -0.1) is 0 Å². The summed E-state index contributed by atoms with van der Waals surface area (Å²) in [4.78, 5) is 19.1. The number of aliphatic hydroxyl groups is 1. The molecule has 0 saturated carbocycles. The van der Waals surface area contributed by atoms with Gasteiger partial charge >= 0.3 is 5.97 Å². The summed E-state index contributed by atoms with van der Waals surface area (Å²) in [5.74, 6) is 3.65. The number of hydrogen-bond donors (Lipinski definition) is 5. The Labute approximate surface area is 109 Å². The van der Waals surface area contributed by atoms with E-state index in [1.54, 1.807) is 6.92 Å². The molecule has 1 atom stereocenters. The molecule has 0 aliphatic carbocycles. The van der Waals surface area contributed by atoms with Gasteiger partial charge in [0.15, 0.2) is 0 Å². The molecule has 0 aliphatic rings. The zero-order chi connectivity index (χ0) is 14.4. The van der Waals surface area contributed by atoms with Gasteiger partial charge in [-0.3, -0.25) is 15.1 Å². The van der Waals surface area contributed by atoms with E-state index in [0.29, 0.717) is 16.8 Å². The molecule has 8 heteroatoms. The average Bonchev–Trinajstić information content (AvgIpc) is 2.38. The van der Waals surface area contributed by atoms with E-state index in [4.69, 9.17) is 11.0 Å². The Hall–Kier alpha value is -1.74. The van der Waals surface area contributed by atoms with Gasteiger partial charge in [0.05, 0.1) is 18.9 Å². The number of nitrogens with two attached hydrogens (primary N) is 1. The van der Waals surface area contributed by atoms with Crippen molar-refractivity contribution in [3.8, 4) is 5.75 Å². The summed E-state index contributed by atoms with van der Waals surface area (Å²) in [6, 6.07) is -1.01. The molecule has 19 heavy (non-hydrogen) atoms. The average molecular weight is 271 g/mol. The third kappa shape index (κ3) is 3.86. The molecule has 6 N–H and O–H groups in total. The number of carboxylic acid groups (broad SMARTS) is 1. The van der Waals surface area contributed by atoms with Gasteiger partial charge in [-0.25, -0.2) is 5.90 Å². The van der Waals surface area contributed by atoms with Crippen LogP contribution in [-0.2, 0) is 22.8 Å². The second kappa shape index (κ2) is 7.00. The molecule has 0 bridgehead atoms. The molecule has 0 aliphatic heterocycles. The minimum absolute atomic E-state index is 0.0470. The van der Waals surface area contributed by atoms with Crippen LogP contribution >= 0.6 is 0 Å². The van der Waals surface area contributed by atoms with E-state index in [1.807, 2.05) is 0 Å². The Kier molecular flexibility index (Phi) is 5.64. The molecule has 0 amide bonds. The van der Waals surface area contributed by atoms with E-state index in [1.165, 1.54) is 6.20 Å². The molecule has 1 heterocycles. The minimum atomic E-state index is -1.12. The lowest BCUT2D eigenvalue weighted by molar-refractivity contribution is -0.141.